The molecule has 0 aromatic heterocycles. The molecule has 0 saturated carbocycles. The molecule has 0 heterocycles. The summed E-state index contributed by atoms with van der Waals surface area (Å²) in [7, 11) is 0. The number of carbonyl (C=O) groups is 2. The Labute approximate surface area is 123 Å². The number of urea groups is 1. The Balaban J connectivity index is 2.51. The second kappa shape index (κ2) is 8.98. The highest BCUT2D eigenvalue weighted by molar-refractivity contribution is 6.18. The molecule has 0 aliphatic rings. The fraction of sp³-hybridized carbons (Fsp3) is 0.286. The van der Waals surface area contributed by atoms with E-state index in [1.807, 2.05) is 0 Å². The summed E-state index contributed by atoms with van der Waals surface area (Å²) in [5.41, 5.74) is 1.50. The van der Waals surface area contributed by atoms with Crippen molar-refractivity contribution in [3.8, 4) is 0 Å². The van der Waals surface area contributed by atoms with E-state index in [1.165, 1.54) is 6.08 Å². The van der Waals surface area contributed by atoms with E-state index in [0.29, 0.717) is 24.7 Å². The first kappa shape index (κ1) is 16.0. The molecule has 1 aromatic carbocycles. The molecule has 0 spiro atoms. The van der Waals surface area contributed by atoms with Gasteiger partial charge in [0.05, 0.1) is 6.61 Å². The number of amides is 2. The van der Waals surface area contributed by atoms with Crippen molar-refractivity contribution in [2.24, 2.45) is 0 Å². The number of hydrogen-bond acceptors (Lipinski definition) is 3. The fourth-order valence-corrected chi connectivity index (χ4v) is 1.46. The molecule has 2 N–H and O–H groups in total. The molecule has 0 aliphatic carbocycles. The van der Waals surface area contributed by atoms with Crippen LogP contribution in [0, 0.1) is 0 Å². The van der Waals surface area contributed by atoms with Gasteiger partial charge in [-0.05, 0) is 30.7 Å². The lowest BCUT2D eigenvalue weighted by Crippen LogP contribution is -2.30. The second-order valence-corrected chi connectivity index (χ2v) is 4.16. The number of halogens is 1. The molecule has 0 radical (unpaired) electrons. The lowest BCUT2D eigenvalue weighted by molar-refractivity contribution is -0.137. The Bertz CT molecular complexity index is 472. The standard InChI is InChI=1S/C14H17ClN2O3/c1-2-20-13(18)8-5-11-3-6-12(7-4-11)17-14(19)16-10-9-15/h3-8H,2,9-10H2,1H3,(H2,16,17,19)/b8-5+. The van der Waals surface area contributed by atoms with Crippen molar-refractivity contribution in [3.63, 3.8) is 0 Å². The zero-order chi connectivity index (χ0) is 14.8. The molecule has 0 fully saturated rings. The van der Waals surface area contributed by atoms with Gasteiger partial charge in [0.2, 0.25) is 0 Å². The van der Waals surface area contributed by atoms with Gasteiger partial charge < -0.3 is 15.4 Å². The van der Waals surface area contributed by atoms with Crippen LogP contribution in [-0.4, -0.2) is 31.0 Å². The summed E-state index contributed by atoms with van der Waals surface area (Å²) < 4.78 is 4.78. The third-order valence-electron chi connectivity index (χ3n) is 2.25. The lowest BCUT2D eigenvalue weighted by Gasteiger charge is -2.06. The minimum absolute atomic E-state index is 0.305. The smallest absolute Gasteiger partial charge is 0.330 e. The van der Waals surface area contributed by atoms with Crippen LogP contribution in [0.1, 0.15) is 12.5 Å². The van der Waals surface area contributed by atoms with E-state index in [1.54, 1.807) is 37.3 Å². The van der Waals surface area contributed by atoms with E-state index in [0.717, 1.165) is 5.56 Å². The monoisotopic (exact) mass is 296 g/mol. The van der Waals surface area contributed by atoms with Crippen LogP contribution in [0.15, 0.2) is 30.3 Å². The summed E-state index contributed by atoms with van der Waals surface area (Å²) in [6.45, 7) is 2.51. The highest BCUT2D eigenvalue weighted by Crippen LogP contribution is 2.10. The molecule has 2 amide bonds. The minimum atomic E-state index is -0.379. The predicted octanol–water partition coefficient (Wildman–Crippen LogP) is 2.62. The van der Waals surface area contributed by atoms with Gasteiger partial charge in [-0.15, -0.1) is 11.6 Å². The third kappa shape index (κ3) is 6.24. The van der Waals surface area contributed by atoms with Crippen molar-refractivity contribution in [1.82, 2.24) is 5.32 Å². The van der Waals surface area contributed by atoms with Crippen LogP contribution in [-0.2, 0) is 9.53 Å². The van der Waals surface area contributed by atoms with E-state index in [4.69, 9.17) is 16.3 Å². The highest BCUT2D eigenvalue weighted by Gasteiger charge is 2.00. The van der Waals surface area contributed by atoms with Crippen LogP contribution in [0.4, 0.5) is 10.5 Å². The summed E-state index contributed by atoms with van der Waals surface area (Å²) in [6, 6.07) is 6.75. The molecule has 0 unspecified atom stereocenters. The number of hydrogen-bond donors (Lipinski definition) is 2. The summed E-state index contributed by atoms with van der Waals surface area (Å²) in [5, 5.41) is 5.26. The Morgan fingerprint density at radius 3 is 2.60 bits per heavy atom. The van der Waals surface area contributed by atoms with Crippen LogP contribution < -0.4 is 10.6 Å². The molecule has 0 saturated heterocycles. The van der Waals surface area contributed by atoms with Crippen LogP contribution >= 0.6 is 11.6 Å². The van der Waals surface area contributed by atoms with Crippen molar-refractivity contribution in [2.75, 3.05) is 24.3 Å². The molecule has 1 aromatic rings. The maximum atomic E-state index is 11.4. The molecule has 0 aliphatic heterocycles. The molecule has 20 heavy (non-hydrogen) atoms. The number of esters is 1. The summed E-state index contributed by atoms with van der Waals surface area (Å²) in [4.78, 5) is 22.5. The van der Waals surface area contributed by atoms with Gasteiger partial charge in [0.1, 0.15) is 0 Å². The average Bonchev–Trinajstić information content (AvgIpc) is 2.45. The SMILES string of the molecule is CCOC(=O)/C=C/c1ccc(NC(=O)NCCCl)cc1. The molecular weight excluding hydrogens is 280 g/mol. The molecular formula is C14H17ClN2O3. The van der Waals surface area contributed by atoms with Gasteiger partial charge in [-0.25, -0.2) is 9.59 Å². The van der Waals surface area contributed by atoms with E-state index < -0.39 is 0 Å². The van der Waals surface area contributed by atoms with Gasteiger partial charge in [0.25, 0.3) is 0 Å². The summed E-state index contributed by atoms with van der Waals surface area (Å²) in [6.07, 6.45) is 3.01. The first-order valence-electron chi connectivity index (χ1n) is 6.21. The molecule has 0 atom stereocenters. The highest BCUT2D eigenvalue weighted by atomic mass is 35.5. The molecule has 5 nitrogen and oxygen atoms in total. The predicted molar refractivity (Wildman–Crippen MR) is 79.9 cm³/mol. The van der Waals surface area contributed by atoms with E-state index in [9.17, 15) is 9.59 Å². The maximum Gasteiger partial charge on any atom is 0.330 e. The Morgan fingerprint density at radius 1 is 1.30 bits per heavy atom. The second-order valence-electron chi connectivity index (χ2n) is 3.78. The number of alkyl halides is 1. The largest absolute Gasteiger partial charge is 0.463 e. The van der Waals surface area contributed by atoms with Crippen LogP contribution in [0.5, 0.6) is 0 Å². The van der Waals surface area contributed by atoms with Crippen LogP contribution in [0.25, 0.3) is 6.08 Å². The van der Waals surface area contributed by atoms with E-state index in [2.05, 4.69) is 10.6 Å². The normalized spacial score (nSPS) is 10.3. The zero-order valence-corrected chi connectivity index (χ0v) is 11.9. The van der Waals surface area contributed by atoms with E-state index in [-0.39, 0.29) is 12.0 Å². The zero-order valence-electron chi connectivity index (χ0n) is 11.2. The van der Waals surface area contributed by atoms with Crippen LogP contribution in [0.2, 0.25) is 0 Å². The molecule has 1 rings (SSSR count). The topological polar surface area (TPSA) is 67.4 Å². The first-order valence-corrected chi connectivity index (χ1v) is 6.75. The van der Waals surface area contributed by atoms with Crippen molar-refractivity contribution < 1.29 is 14.3 Å². The Kier molecular flexibility index (Phi) is 7.21. The minimum Gasteiger partial charge on any atom is -0.463 e. The first-order chi connectivity index (χ1) is 9.65. The van der Waals surface area contributed by atoms with Gasteiger partial charge in [-0.1, -0.05) is 12.1 Å². The Morgan fingerprint density at radius 2 is 2.00 bits per heavy atom. The summed E-state index contributed by atoms with van der Waals surface area (Å²) >= 11 is 5.46. The number of anilines is 1. The van der Waals surface area contributed by atoms with Gasteiger partial charge in [0.15, 0.2) is 0 Å². The molecule has 6 heteroatoms. The maximum absolute atomic E-state index is 11.4. The van der Waals surface area contributed by atoms with E-state index >= 15 is 0 Å². The quantitative estimate of drug-likeness (QED) is 0.482. The third-order valence-corrected chi connectivity index (χ3v) is 2.44. The van der Waals surface area contributed by atoms with Crippen molar-refractivity contribution in [1.29, 1.82) is 0 Å². The number of benzene rings is 1. The van der Waals surface area contributed by atoms with Gasteiger partial charge in [-0.3, -0.25) is 0 Å². The number of rotatable bonds is 6. The number of nitrogens with one attached hydrogen (secondary N) is 2. The van der Waals surface area contributed by atoms with Crippen molar-refractivity contribution in [2.45, 2.75) is 6.92 Å². The molecule has 0 bridgehead atoms. The van der Waals surface area contributed by atoms with Crippen molar-refractivity contribution >= 4 is 35.4 Å². The van der Waals surface area contributed by atoms with Gasteiger partial charge in [0, 0.05) is 24.2 Å². The lowest BCUT2D eigenvalue weighted by atomic mass is 10.2. The van der Waals surface area contributed by atoms with Gasteiger partial charge in [-0.2, -0.15) is 0 Å². The summed E-state index contributed by atoms with van der Waals surface area (Å²) in [5.74, 6) is -0.0134. The van der Waals surface area contributed by atoms with Crippen LogP contribution in [0.3, 0.4) is 0 Å². The molecule has 108 valence electrons. The van der Waals surface area contributed by atoms with Gasteiger partial charge >= 0.3 is 12.0 Å². The average molecular weight is 297 g/mol. The van der Waals surface area contributed by atoms with Crippen molar-refractivity contribution in [3.05, 3.63) is 35.9 Å². The fourth-order valence-electron chi connectivity index (χ4n) is 1.37. The Hall–Kier alpha value is -2.01. The number of carbonyl (C=O) groups excluding carboxylic acids is 2. The number of ether oxygens (including phenoxy) is 1.